The SMILES string of the molecule is C[I-]CC(c1ccc(-c2ccc(CN3CCCN4CCCC43)cc2)cc1)N1CCCN2CCCC21. The Hall–Kier alpha value is -0.990. The van der Waals surface area contributed by atoms with Crippen molar-refractivity contribution >= 4 is 0 Å². The number of halogens is 1. The number of hydrogen-bond acceptors (Lipinski definition) is 4. The molecule has 4 aliphatic heterocycles. The van der Waals surface area contributed by atoms with E-state index in [1.165, 1.54) is 104 Å². The molecule has 2 aromatic carbocycles. The van der Waals surface area contributed by atoms with Gasteiger partial charge in [0.1, 0.15) is 0 Å². The topological polar surface area (TPSA) is 13.0 Å². The van der Waals surface area contributed by atoms with Crippen LogP contribution in [0.4, 0.5) is 0 Å². The molecule has 4 fully saturated rings. The molecule has 0 saturated carbocycles. The van der Waals surface area contributed by atoms with E-state index in [4.69, 9.17) is 0 Å². The maximum atomic E-state index is 2.86. The van der Waals surface area contributed by atoms with Gasteiger partial charge in [-0.2, -0.15) is 0 Å². The number of hydrogen-bond donors (Lipinski definition) is 0. The quantitative estimate of drug-likeness (QED) is 0.364. The molecule has 4 saturated heterocycles. The molecule has 4 heterocycles. The van der Waals surface area contributed by atoms with Gasteiger partial charge >= 0.3 is 174 Å². The summed E-state index contributed by atoms with van der Waals surface area (Å²) in [6.45, 7) is 8.83. The minimum absolute atomic E-state index is 0.260. The fourth-order valence-electron chi connectivity index (χ4n) is 7.16. The van der Waals surface area contributed by atoms with E-state index in [1.54, 1.807) is 0 Å². The fraction of sp³-hybridized carbons (Fsp3) is 0.600. The van der Waals surface area contributed by atoms with Gasteiger partial charge in [-0.1, -0.05) is 0 Å². The summed E-state index contributed by atoms with van der Waals surface area (Å²) in [4.78, 5) is 13.5. The normalized spacial score (nSPS) is 27.2. The van der Waals surface area contributed by atoms with Crippen LogP contribution in [0.25, 0.3) is 11.1 Å². The van der Waals surface area contributed by atoms with Crippen LogP contribution in [-0.2, 0) is 6.54 Å². The van der Waals surface area contributed by atoms with Crippen molar-refractivity contribution in [1.82, 2.24) is 19.6 Å². The summed E-state index contributed by atoms with van der Waals surface area (Å²) >= 11 is 0.260. The molecule has 6 rings (SSSR count). The second-order valence-corrected chi connectivity index (χ2v) is 13.4. The van der Waals surface area contributed by atoms with Gasteiger partial charge in [-0.25, -0.2) is 0 Å². The van der Waals surface area contributed by atoms with Gasteiger partial charge in [-0.15, -0.1) is 0 Å². The average molecular weight is 586 g/mol. The van der Waals surface area contributed by atoms with Crippen LogP contribution < -0.4 is 21.2 Å². The fourth-order valence-corrected chi connectivity index (χ4v) is 9.01. The van der Waals surface area contributed by atoms with Crippen LogP contribution in [0, 0.1) is 0 Å². The zero-order valence-corrected chi connectivity index (χ0v) is 23.6. The van der Waals surface area contributed by atoms with Crippen molar-refractivity contribution in [2.45, 2.75) is 63.4 Å². The molecule has 0 radical (unpaired) electrons. The molecule has 0 bridgehead atoms. The average Bonchev–Trinajstić information content (AvgIpc) is 3.58. The van der Waals surface area contributed by atoms with E-state index in [-0.39, 0.29) is 21.2 Å². The molecule has 0 aliphatic carbocycles. The van der Waals surface area contributed by atoms with Gasteiger partial charge in [0, 0.05) is 13.1 Å². The van der Waals surface area contributed by atoms with Gasteiger partial charge < -0.3 is 0 Å². The van der Waals surface area contributed by atoms with Gasteiger partial charge in [-0.3, -0.25) is 4.90 Å². The molecule has 0 N–H and O–H groups in total. The third kappa shape index (κ3) is 5.22. The van der Waals surface area contributed by atoms with Gasteiger partial charge in [0.2, 0.25) is 0 Å². The van der Waals surface area contributed by atoms with Gasteiger partial charge in [0.05, 0.1) is 6.17 Å². The van der Waals surface area contributed by atoms with E-state index in [2.05, 4.69) is 73.1 Å². The number of nitrogens with zero attached hydrogens (tertiary/aromatic N) is 4. The van der Waals surface area contributed by atoms with Crippen molar-refractivity contribution in [2.24, 2.45) is 0 Å². The molecular formula is C30H42IN4-. The number of benzene rings is 2. The van der Waals surface area contributed by atoms with E-state index in [1.807, 2.05) is 0 Å². The Morgan fingerprint density at radius 3 is 2.03 bits per heavy atom. The zero-order valence-electron chi connectivity index (χ0n) is 21.4. The first-order valence-electron chi connectivity index (χ1n) is 13.9. The molecular weight excluding hydrogens is 543 g/mol. The molecule has 0 spiro atoms. The Labute approximate surface area is 222 Å². The monoisotopic (exact) mass is 585 g/mol. The standard InChI is InChI=1S/C30H42IN4/c1-31-22-28(35-21-5-19-33-17-3-7-30(33)35)27-14-12-26(13-15-27)25-10-8-24(9-11-25)23-34-20-4-18-32-16-2-6-29(32)34/h8-15,28-30H,2-7,16-23H2,1H3/q-1. The predicted octanol–water partition coefficient (Wildman–Crippen LogP) is 1.87. The zero-order chi connectivity index (χ0) is 23.6. The summed E-state index contributed by atoms with van der Waals surface area (Å²) in [7, 11) is 0. The minimum atomic E-state index is 0.260. The van der Waals surface area contributed by atoms with Gasteiger partial charge in [0.15, 0.2) is 0 Å². The third-order valence-corrected chi connectivity index (χ3v) is 10.6. The van der Waals surface area contributed by atoms with Crippen molar-refractivity contribution in [3.63, 3.8) is 0 Å². The summed E-state index contributed by atoms with van der Waals surface area (Å²) in [6, 6.07) is 19.6. The molecule has 190 valence electrons. The number of fused-ring (bicyclic) bond motifs is 2. The van der Waals surface area contributed by atoms with E-state index in [9.17, 15) is 0 Å². The van der Waals surface area contributed by atoms with Crippen LogP contribution >= 0.6 is 0 Å². The van der Waals surface area contributed by atoms with Crippen LogP contribution in [0.5, 0.6) is 0 Å². The molecule has 0 aromatic heterocycles. The molecule has 35 heavy (non-hydrogen) atoms. The van der Waals surface area contributed by atoms with E-state index in [0.29, 0.717) is 18.4 Å². The van der Waals surface area contributed by atoms with E-state index >= 15 is 0 Å². The van der Waals surface area contributed by atoms with Gasteiger partial charge in [-0.05, 0) is 25.8 Å². The molecule has 2 aromatic rings. The summed E-state index contributed by atoms with van der Waals surface area (Å²) in [5.74, 6) is 0. The molecule has 3 unspecified atom stereocenters. The Kier molecular flexibility index (Phi) is 7.78. The second-order valence-electron chi connectivity index (χ2n) is 11.0. The molecule has 4 nitrogen and oxygen atoms in total. The third-order valence-electron chi connectivity index (χ3n) is 8.88. The van der Waals surface area contributed by atoms with Crippen molar-refractivity contribution in [1.29, 1.82) is 0 Å². The Morgan fingerprint density at radius 2 is 1.31 bits per heavy atom. The van der Waals surface area contributed by atoms with E-state index in [0.717, 1.165) is 6.54 Å². The Balaban J connectivity index is 1.14. The summed E-state index contributed by atoms with van der Waals surface area (Å²) in [5, 5.41) is 0. The summed E-state index contributed by atoms with van der Waals surface area (Å²) in [6.07, 6.45) is 9.47. The molecule has 5 heteroatoms. The summed E-state index contributed by atoms with van der Waals surface area (Å²) in [5.41, 5.74) is 5.69. The van der Waals surface area contributed by atoms with Crippen LogP contribution in [-0.4, -0.2) is 80.6 Å². The first-order valence-corrected chi connectivity index (χ1v) is 17.6. The van der Waals surface area contributed by atoms with Crippen molar-refractivity contribution < 1.29 is 21.2 Å². The van der Waals surface area contributed by atoms with Crippen LogP contribution in [0.15, 0.2) is 48.5 Å². The van der Waals surface area contributed by atoms with Crippen molar-refractivity contribution in [2.75, 3.05) is 48.6 Å². The predicted molar refractivity (Wildman–Crippen MR) is 141 cm³/mol. The molecule has 0 amide bonds. The van der Waals surface area contributed by atoms with E-state index < -0.39 is 0 Å². The van der Waals surface area contributed by atoms with Crippen molar-refractivity contribution in [3.05, 3.63) is 59.7 Å². The molecule has 4 aliphatic rings. The van der Waals surface area contributed by atoms with Crippen molar-refractivity contribution in [3.8, 4) is 11.1 Å². The first kappa shape index (κ1) is 24.4. The van der Waals surface area contributed by atoms with Crippen LogP contribution in [0.3, 0.4) is 0 Å². The summed E-state index contributed by atoms with van der Waals surface area (Å²) < 4.78 is 1.37. The van der Waals surface area contributed by atoms with Crippen LogP contribution in [0.1, 0.15) is 55.7 Å². The second kappa shape index (κ2) is 11.2. The number of rotatable bonds is 7. The van der Waals surface area contributed by atoms with Gasteiger partial charge in [0.25, 0.3) is 0 Å². The maximum absolute atomic E-state index is 2.86. The molecule has 3 atom stereocenters. The Bertz CT molecular complexity index is 961. The first-order chi connectivity index (χ1) is 17.3. The number of alkyl halides is 2. The van der Waals surface area contributed by atoms with Crippen LogP contribution in [0.2, 0.25) is 0 Å². The Morgan fingerprint density at radius 1 is 0.714 bits per heavy atom.